The van der Waals surface area contributed by atoms with Crippen LogP contribution in [0.1, 0.15) is 15.9 Å². The van der Waals surface area contributed by atoms with E-state index in [1.165, 1.54) is 0 Å². The van der Waals surface area contributed by atoms with Crippen LogP contribution in [0.15, 0.2) is 54.6 Å². The topological polar surface area (TPSA) is 41.6 Å². The van der Waals surface area contributed by atoms with Gasteiger partial charge in [-0.2, -0.15) is 0 Å². The number of carbonyl (C=O) groups is 1. The van der Waals surface area contributed by atoms with E-state index in [0.717, 1.165) is 37.4 Å². The first-order valence-electron chi connectivity index (χ1n) is 7.60. The molecule has 3 rings (SSSR count). The van der Waals surface area contributed by atoms with Crippen LogP contribution in [0, 0.1) is 0 Å². The summed E-state index contributed by atoms with van der Waals surface area (Å²) in [5.41, 5.74) is 2.74. The summed E-state index contributed by atoms with van der Waals surface area (Å²) in [4.78, 5) is 14.4. The van der Waals surface area contributed by atoms with E-state index in [9.17, 15) is 4.79 Å². The second-order valence-corrected chi connectivity index (χ2v) is 5.35. The second kappa shape index (κ2) is 7.09. The van der Waals surface area contributed by atoms with Crippen molar-refractivity contribution in [2.45, 2.75) is 6.61 Å². The normalized spacial score (nSPS) is 14.6. The van der Waals surface area contributed by atoms with E-state index in [1.54, 1.807) is 0 Å². The maximum absolute atomic E-state index is 12.1. The zero-order chi connectivity index (χ0) is 15.2. The minimum atomic E-state index is -0.282. The largest absolute Gasteiger partial charge is 0.457 e. The van der Waals surface area contributed by atoms with Crippen molar-refractivity contribution < 1.29 is 9.53 Å². The molecule has 1 heterocycles. The summed E-state index contributed by atoms with van der Waals surface area (Å²) in [6.07, 6.45) is 0. The van der Waals surface area contributed by atoms with Gasteiger partial charge in [-0.15, -0.1) is 0 Å². The van der Waals surface area contributed by atoms with Crippen molar-refractivity contribution in [2.75, 3.05) is 31.1 Å². The minimum Gasteiger partial charge on any atom is -0.457 e. The monoisotopic (exact) mass is 296 g/mol. The number of hydrogen-bond donors (Lipinski definition) is 1. The molecule has 1 saturated heterocycles. The Hall–Kier alpha value is -2.33. The van der Waals surface area contributed by atoms with Gasteiger partial charge in [-0.25, -0.2) is 4.79 Å². The molecule has 0 unspecified atom stereocenters. The van der Waals surface area contributed by atoms with Crippen LogP contribution in [0.25, 0.3) is 0 Å². The fourth-order valence-corrected chi connectivity index (χ4v) is 2.54. The number of nitrogens with one attached hydrogen (secondary N) is 1. The third-order valence-corrected chi connectivity index (χ3v) is 3.80. The summed E-state index contributed by atoms with van der Waals surface area (Å²) >= 11 is 0. The van der Waals surface area contributed by atoms with Gasteiger partial charge in [0.05, 0.1) is 5.56 Å². The lowest BCUT2D eigenvalue weighted by atomic mass is 10.2. The van der Waals surface area contributed by atoms with Gasteiger partial charge in [0.2, 0.25) is 0 Å². The van der Waals surface area contributed by atoms with Crippen LogP contribution >= 0.6 is 0 Å². The van der Waals surface area contributed by atoms with Crippen LogP contribution in [0.4, 0.5) is 5.69 Å². The predicted octanol–water partition coefficient (Wildman–Crippen LogP) is 2.45. The summed E-state index contributed by atoms with van der Waals surface area (Å²) in [5.74, 6) is -0.282. The molecule has 1 aliphatic rings. The molecule has 4 heteroatoms. The highest BCUT2D eigenvalue weighted by Crippen LogP contribution is 2.16. The van der Waals surface area contributed by atoms with Gasteiger partial charge < -0.3 is 15.0 Å². The van der Waals surface area contributed by atoms with Crippen LogP contribution in [0.2, 0.25) is 0 Å². The first kappa shape index (κ1) is 14.6. The molecule has 1 N–H and O–H groups in total. The van der Waals surface area contributed by atoms with Crippen molar-refractivity contribution in [3.63, 3.8) is 0 Å². The van der Waals surface area contributed by atoms with E-state index in [4.69, 9.17) is 4.74 Å². The molecule has 0 aromatic heterocycles. The summed E-state index contributed by atoms with van der Waals surface area (Å²) in [6, 6.07) is 17.4. The molecule has 1 fully saturated rings. The number of esters is 1. The summed E-state index contributed by atoms with van der Waals surface area (Å²) in [7, 11) is 0. The van der Waals surface area contributed by atoms with Crippen LogP contribution in [-0.4, -0.2) is 32.1 Å². The number of hydrogen-bond acceptors (Lipinski definition) is 4. The molecule has 114 valence electrons. The second-order valence-electron chi connectivity index (χ2n) is 5.35. The average molecular weight is 296 g/mol. The Kier molecular flexibility index (Phi) is 4.71. The van der Waals surface area contributed by atoms with Crippen LogP contribution in [0.3, 0.4) is 0 Å². The molecule has 0 saturated carbocycles. The number of rotatable bonds is 4. The fraction of sp³-hybridized carbons (Fsp3) is 0.278. The Morgan fingerprint density at radius 1 is 1.00 bits per heavy atom. The van der Waals surface area contributed by atoms with Crippen molar-refractivity contribution in [1.29, 1.82) is 0 Å². The van der Waals surface area contributed by atoms with Crippen molar-refractivity contribution in [2.24, 2.45) is 0 Å². The van der Waals surface area contributed by atoms with E-state index in [2.05, 4.69) is 10.2 Å². The lowest BCUT2D eigenvalue weighted by molar-refractivity contribution is 0.0473. The van der Waals surface area contributed by atoms with Gasteiger partial charge >= 0.3 is 5.97 Å². The molecule has 0 radical (unpaired) electrons. The van der Waals surface area contributed by atoms with Crippen LogP contribution < -0.4 is 10.2 Å². The standard InChI is InChI=1S/C18H20N2O2/c21-18(22-14-15-4-2-1-3-5-15)16-6-8-17(9-7-16)20-12-10-19-11-13-20/h1-9,19H,10-14H2. The minimum absolute atomic E-state index is 0.282. The zero-order valence-corrected chi connectivity index (χ0v) is 12.5. The maximum atomic E-state index is 12.1. The smallest absolute Gasteiger partial charge is 0.338 e. The first-order valence-corrected chi connectivity index (χ1v) is 7.60. The molecule has 0 spiro atoms. The molecule has 0 aliphatic carbocycles. The third-order valence-electron chi connectivity index (χ3n) is 3.80. The molecule has 0 amide bonds. The van der Waals surface area contributed by atoms with Gasteiger partial charge in [0, 0.05) is 31.9 Å². The Morgan fingerprint density at radius 3 is 2.36 bits per heavy atom. The number of anilines is 1. The van der Waals surface area contributed by atoms with E-state index in [-0.39, 0.29) is 5.97 Å². The Balaban J connectivity index is 1.58. The fourth-order valence-electron chi connectivity index (χ4n) is 2.54. The summed E-state index contributed by atoms with van der Waals surface area (Å²) in [6.45, 7) is 4.30. The van der Waals surface area contributed by atoms with E-state index < -0.39 is 0 Å². The molecule has 1 aliphatic heterocycles. The zero-order valence-electron chi connectivity index (χ0n) is 12.5. The Morgan fingerprint density at radius 2 is 1.68 bits per heavy atom. The van der Waals surface area contributed by atoms with Crippen molar-refractivity contribution in [3.8, 4) is 0 Å². The first-order chi connectivity index (χ1) is 10.8. The Labute approximate surface area is 130 Å². The highest BCUT2D eigenvalue weighted by molar-refractivity contribution is 5.89. The predicted molar refractivity (Wildman–Crippen MR) is 87.1 cm³/mol. The maximum Gasteiger partial charge on any atom is 0.338 e. The lowest BCUT2D eigenvalue weighted by Gasteiger charge is -2.29. The molecule has 4 nitrogen and oxygen atoms in total. The Bertz CT molecular complexity index is 605. The van der Waals surface area contributed by atoms with Crippen molar-refractivity contribution >= 4 is 11.7 Å². The summed E-state index contributed by atoms with van der Waals surface area (Å²) < 4.78 is 5.34. The molecule has 2 aromatic rings. The summed E-state index contributed by atoms with van der Waals surface area (Å²) in [5, 5.41) is 3.33. The number of ether oxygens (including phenoxy) is 1. The molecule has 22 heavy (non-hydrogen) atoms. The number of carbonyl (C=O) groups excluding carboxylic acids is 1. The van der Waals surface area contributed by atoms with Gasteiger partial charge in [0.15, 0.2) is 0 Å². The van der Waals surface area contributed by atoms with Gasteiger partial charge in [-0.05, 0) is 29.8 Å². The highest BCUT2D eigenvalue weighted by Gasteiger charge is 2.12. The lowest BCUT2D eigenvalue weighted by Crippen LogP contribution is -2.43. The molecule has 2 aromatic carbocycles. The van der Waals surface area contributed by atoms with Crippen LogP contribution in [0.5, 0.6) is 0 Å². The van der Waals surface area contributed by atoms with Crippen molar-refractivity contribution in [1.82, 2.24) is 5.32 Å². The SMILES string of the molecule is O=C(OCc1ccccc1)c1ccc(N2CCNCC2)cc1. The number of piperazine rings is 1. The number of nitrogens with zero attached hydrogens (tertiary/aromatic N) is 1. The molecule has 0 bridgehead atoms. The van der Waals surface area contributed by atoms with E-state index >= 15 is 0 Å². The molecular formula is C18H20N2O2. The van der Waals surface area contributed by atoms with E-state index in [1.807, 2.05) is 54.6 Å². The van der Waals surface area contributed by atoms with Gasteiger partial charge in [-0.3, -0.25) is 0 Å². The molecular weight excluding hydrogens is 276 g/mol. The van der Waals surface area contributed by atoms with Crippen LogP contribution in [-0.2, 0) is 11.3 Å². The van der Waals surface area contributed by atoms with E-state index in [0.29, 0.717) is 12.2 Å². The quantitative estimate of drug-likeness (QED) is 0.880. The highest BCUT2D eigenvalue weighted by atomic mass is 16.5. The average Bonchev–Trinajstić information content (AvgIpc) is 2.61. The van der Waals surface area contributed by atoms with Crippen molar-refractivity contribution in [3.05, 3.63) is 65.7 Å². The van der Waals surface area contributed by atoms with Gasteiger partial charge in [-0.1, -0.05) is 30.3 Å². The number of benzene rings is 2. The van der Waals surface area contributed by atoms with Gasteiger partial charge in [0.25, 0.3) is 0 Å². The molecule has 0 atom stereocenters. The third kappa shape index (κ3) is 3.65. The van der Waals surface area contributed by atoms with Gasteiger partial charge in [0.1, 0.15) is 6.61 Å².